The Balaban J connectivity index is 1.19. The quantitative estimate of drug-likeness (QED) is 0.180. The fraction of sp³-hybridized carbons (Fsp3) is 0.0962. The number of rotatable bonds is 4. The van der Waals surface area contributed by atoms with E-state index < -0.39 is 0 Å². The highest BCUT2D eigenvalue weighted by Gasteiger charge is 2.31. The summed E-state index contributed by atoms with van der Waals surface area (Å²) >= 11 is 1.95. The number of benzene rings is 7. The van der Waals surface area contributed by atoms with Crippen LogP contribution in [0.1, 0.15) is 40.6 Å². The number of hydrogen-bond donors (Lipinski definition) is 0. The van der Waals surface area contributed by atoms with E-state index in [1.807, 2.05) is 11.3 Å². The first-order chi connectivity index (χ1) is 28.1. The van der Waals surface area contributed by atoms with Gasteiger partial charge < -0.3 is 0 Å². The molecule has 3 aromatic heterocycles. The molecule has 270 valence electrons. The van der Waals surface area contributed by atoms with Gasteiger partial charge in [-0.15, -0.1) is 11.3 Å². The summed E-state index contributed by atoms with van der Waals surface area (Å²) in [7, 11) is 0. The summed E-state index contributed by atoms with van der Waals surface area (Å²) in [5.41, 5.74) is 9.47. The third-order valence-electron chi connectivity index (χ3n) is 12.0. The minimum absolute atomic E-state index is 0.345. The summed E-state index contributed by atoms with van der Waals surface area (Å²) in [6, 6.07) is 50.2. The highest BCUT2D eigenvalue weighted by Crippen LogP contribution is 2.47. The summed E-state index contributed by atoms with van der Waals surface area (Å²) in [6.07, 6.45) is 10.3. The Bertz CT molecular complexity index is 3260. The van der Waals surface area contributed by atoms with Crippen LogP contribution in [-0.2, 0) is 12.8 Å². The van der Waals surface area contributed by atoms with E-state index in [-0.39, 0.29) is 0 Å². The Labute approximate surface area is 334 Å². The topological polar surface area (TPSA) is 43.6 Å². The molecule has 0 fully saturated rings. The minimum atomic E-state index is 0.345. The number of fused-ring (bicyclic) bond motifs is 10. The molecule has 0 radical (unpaired) electrons. The van der Waals surface area contributed by atoms with E-state index in [4.69, 9.17) is 15.0 Å². The number of hydrogen-bond acceptors (Lipinski definition) is 4. The van der Waals surface area contributed by atoms with E-state index >= 15 is 0 Å². The average Bonchev–Trinajstić information content (AvgIpc) is 3.82. The van der Waals surface area contributed by atoms with Gasteiger partial charge in [0.15, 0.2) is 11.6 Å². The summed E-state index contributed by atoms with van der Waals surface area (Å²) in [6.45, 7) is 2.36. The maximum atomic E-state index is 5.48. The monoisotopic (exact) mass is 748 g/mol. The van der Waals surface area contributed by atoms with Crippen LogP contribution in [-0.4, -0.2) is 19.5 Å². The zero-order valence-corrected chi connectivity index (χ0v) is 32.2. The van der Waals surface area contributed by atoms with Gasteiger partial charge in [-0.25, -0.2) is 4.98 Å². The van der Waals surface area contributed by atoms with Crippen LogP contribution < -0.4 is 0 Å². The fourth-order valence-corrected chi connectivity index (χ4v) is 10.6. The van der Waals surface area contributed by atoms with Crippen molar-refractivity contribution in [2.75, 3.05) is 0 Å². The molecular weight excluding hydrogens is 713 g/mol. The fourth-order valence-electron chi connectivity index (χ4n) is 9.37. The summed E-state index contributed by atoms with van der Waals surface area (Å²) in [4.78, 5) is 17.7. The predicted molar refractivity (Wildman–Crippen MR) is 239 cm³/mol. The van der Waals surface area contributed by atoms with Crippen LogP contribution in [0.2, 0.25) is 0 Å². The third-order valence-corrected chi connectivity index (χ3v) is 13.2. The second-order valence-electron chi connectivity index (χ2n) is 15.6. The largest absolute Gasteiger partial charge is 0.277 e. The Morgan fingerprint density at radius 1 is 0.632 bits per heavy atom. The lowest BCUT2D eigenvalue weighted by Crippen LogP contribution is -2.14. The van der Waals surface area contributed by atoms with Crippen LogP contribution >= 0.6 is 11.3 Å². The van der Waals surface area contributed by atoms with Gasteiger partial charge in [-0.1, -0.05) is 146 Å². The van der Waals surface area contributed by atoms with E-state index in [0.717, 1.165) is 46.7 Å². The number of aromatic nitrogens is 4. The lowest BCUT2D eigenvalue weighted by atomic mass is 9.83. The summed E-state index contributed by atoms with van der Waals surface area (Å²) < 4.78 is 3.73. The van der Waals surface area contributed by atoms with Crippen molar-refractivity contribution in [2.24, 2.45) is 5.92 Å². The third kappa shape index (κ3) is 5.16. The Kier molecular flexibility index (Phi) is 7.23. The molecule has 1 unspecified atom stereocenters. The lowest BCUT2D eigenvalue weighted by Gasteiger charge is -2.23. The van der Waals surface area contributed by atoms with Crippen molar-refractivity contribution in [3.05, 3.63) is 179 Å². The molecule has 2 aliphatic rings. The smallest absolute Gasteiger partial charge is 0.238 e. The first-order valence-corrected chi connectivity index (χ1v) is 20.7. The van der Waals surface area contributed by atoms with Crippen LogP contribution in [0.4, 0.5) is 0 Å². The first-order valence-electron chi connectivity index (χ1n) is 19.9. The van der Waals surface area contributed by atoms with E-state index in [1.54, 1.807) is 0 Å². The van der Waals surface area contributed by atoms with Crippen LogP contribution in [0.3, 0.4) is 0 Å². The van der Waals surface area contributed by atoms with E-state index in [9.17, 15) is 0 Å². The van der Waals surface area contributed by atoms with Gasteiger partial charge in [0.05, 0.1) is 11.2 Å². The molecule has 7 aromatic carbocycles. The van der Waals surface area contributed by atoms with Crippen LogP contribution in [0.5, 0.6) is 0 Å². The van der Waals surface area contributed by atoms with Crippen molar-refractivity contribution >= 4 is 76.3 Å². The molecule has 0 spiro atoms. The maximum Gasteiger partial charge on any atom is 0.238 e. The molecule has 2 aliphatic carbocycles. The van der Waals surface area contributed by atoms with E-state index in [1.165, 1.54) is 69.9 Å². The Hall–Kier alpha value is -6.69. The van der Waals surface area contributed by atoms with Gasteiger partial charge in [0.25, 0.3) is 0 Å². The minimum Gasteiger partial charge on any atom is -0.277 e. The SMILES string of the molecule is CC1C=C(c2cccc3sc4c(c23)C=CCC4)c2c(c3ccc4ccccc4c3n2-c2nc(-c3ccc4ccccc4c3)nc(-c3ccc4ccccc4c3)n2)C1. The molecule has 1 atom stereocenters. The average molecular weight is 749 g/mol. The van der Waals surface area contributed by atoms with Crippen LogP contribution in [0, 0.1) is 5.92 Å². The molecule has 0 amide bonds. The molecule has 10 aromatic rings. The van der Waals surface area contributed by atoms with Crippen molar-refractivity contribution in [1.82, 2.24) is 19.5 Å². The van der Waals surface area contributed by atoms with Crippen molar-refractivity contribution in [1.29, 1.82) is 0 Å². The Morgan fingerprint density at radius 3 is 2.04 bits per heavy atom. The second-order valence-corrected chi connectivity index (χ2v) is 16.7. The molecule has 0 saturated carbocycles. The van der Waals surface area contributed by atoms with Gasteiger partial charge in [-0.2, -0.15) is 9.97 Å². The number of aryl methyl sites for hydroxylation is 1. The highest BCUT2D eigenvalue weighted by atomic mass is 32.1. The first kappa shape index (κ1) is 32.5. The molecule has 4 nitrogen and oxygen atoms in total. The molecule has 0 aliphatic heterocycles. The molecule has 3 heterocycles. The molecule has 0 bridgehead atoms. The van der Waals surface area contributed by atoms with Gasteiger partial charge in [0, 0.05) is 42.4 Å². The number of thiophene rings is 1. The summed E-state index contributed by atoms with van der Waals surface area (Å²) in [5.74, 6) is 2.27. The van der Waals surface area contributed by atoms with Crippen LogP contribution in [0.15, 0.2) is 152 Å². The molecular formula is C52H36N4S. The number of allylic oxidation sites excluding steroid dienone is 2. The van der Waals surface area contributed by atoms with Gasteiger partial charge in [-0.3, -0.25) is 4.57 Å². The van der Waals surface area contributed by atoms with E-state index in [2.05, 4.69) is 169 Å². The predicted octanol–water partition coefficient (Wildman–Crippen LogP) is 13.4. The van der Waals surface area contributed by atoms with E-state index in [0.29, 0.717) is 23.5 Å². The standard InChI is InChI=1S/C52H36N4S/c1-31-27-43(40-18-10-20-46-47(40)42-17-8-9-19-45(42)57-46)49-44(28-31)41-26-25-34-13-6-7-16-39(34)48(41)56(49)52-54-50(37-23-21-32-11-2-4-14-35(32)29-37)53-51(55-52)38-24-22-33-12-3-5-15-36(33)30-38/h2-8,10-18,20-27,29-31H,9,19,28H2,1H3. The molecule has 0 N–H and O–H groups in total. The van der Waals surface area contributed by atoms with Crippen molar-refractivity contribution < 1.29 is 0 Å². The molecule has 5 heteroatoms. The zero-order chi connectivity index (χ0) is 37.6. The van der Waals surface area contributed by atoms with Gasteiger partial charge in [-0.05, 0) is 87.0 Å². The highest BCUT2D eigenvalue weighted by molar-refractivity contribution is 7.19. The number of nitrogens with zero attached hydrogens (tertiary/aromatic N) is 4. The molecule has 0 saturated heterocycles. The Morgan fingerprint density at radius 2 is 1.30 bits per heavy atom. The van der Waals surface area contributed by atoms with Gasteiger partial charge in [0.1, 0.15) is 0 Å². The second kappa shape index (κ2) is 12.7. The van der Waals surface area contributed by atoms with Crippen molar-refractivity contribution in [3.8, 4) is 28.7 Å². The van der Waals surface area contributed by atoms with Crippen molar-refractivity contribution in [3.63, 3.8) is 0 Å². The zero-order valence-electron chi connectivity index (χ0n) is 31.4. The summed E-state index contributed by atoms with van der Waals surface area (Å²) in [5, 5.41) is 9.66. The van der Waals surface area contributed by atoms with Crippen molar-refractivity contribution in [2.45, 2.75) is 26.2 Å². The van der Waals surface area contributed by atoms with Gasteiger partial charge in [0.2, 0.25) is 5.95 Å². The van der Waals surface area contributed by atoms with Gasteiger partial charge >= 0.3 is 0 Å². The maximum absolute atomic E-state index is 5.48. The normalized spacial score (nSPS) is 15.1. The van der Waals surface area contributed by atoms with Crippen LogP contribution in [0.25, 0.3) is 93.7 Å². The lowest BCUT2D eigenvalue weighted by molar-refractivity contribution is 0.712. The molecule has 12 rings (SSSR count). The molecule has 57 heavy (non-hydrogen) atoms.